The van der Waals surface area contributed by atoms with Gasteiger partial charge in [0.2, 0.25) is 0 Å². The van der Waals surface area contributed by atoms with Crippen LogP contribution in [0.15, 0.2) is 4.99 Å². The minimum absolute atomic E-state index is 0.704. The number of amidine groups is 1. The van der Waals surface area contributed by atoms with E-state index in [1.807, 2.05) is 0 Å². The van der Waals surface area contributed by atoms with E-state index in [0.717, 1.165) is 6.54 Å². The maximum Gasteiger partial charge on any atom is 0.0965 e. The van der Waals surface area contributed by atoms with Gasteiger partial charge < -0.3 is 5.32 Å². The standard InChI is InChI=1S/C10H18N2S/c1-2-6-11-10(5-1)12-9-4-3-7-13-8-9/h9H,1-8H2,(H,11,12). The second-order valence-corrected chi connectivity index (χ2v) is 4.99. The SMILES string of the molecule is C1CCC(NC2CCCSC2)=NC1. The Morgan fingerprint density at radius 3 is 3.00 bits per heavy atom. The van der Waals surface area contributed by atoms with Crippen molar-refractivity contribution in [1.29, 1.82) is 0 Å². The lowest BCUT2D eigenvalue weighted by Crippen LogP contribution is -2.39. The second-order valence-electron chi connectivity index (χ2n) is 3.84. The highest BCUT2D eigenvalue weighted by Gasteiger charge is 2.15. The van der Waals surface area contributed by atoms with Crippen molar-refractivity contribution >= 4 is 17.6 Å². The van der Waals surface area contributed by atoms with E-state index < -0.39 is 0 Å². The van der Waals surface area contributed by atoms with Crippen LogP contribution in [0.5, 0.6) is 0 Å². The molecule has 0 bridgehead atoms. The van der Waals surface area contributed by atoms with Crippen molar-refractivity contribution in [3.8, 4) is 0 Å². The van der Waals surface area contributed by atoms with E-state index in [0.29, 0.717) is 6.04 Å². The lowest BCUT2D eigenvalue weighted by Gasteiger charge is -2.25. The van der Waals surface area contributed by atoms with Crippen molar-refractivity contribution in [3.05, 3.63) is 0 Å². The predicted octanol–water partition coefficient (Wildman–Crippen LogP) is 2.05. The van der Waals surface area contributed by atoms with Crippen LogP contribution in [0.25, 0.3) is 0 Å². The Bertz CT molecular complexity index is 185. The molecule has 13 heavy (non-hydrogen) atoms. The molecule has 2 nitrogen and oxygen atoms in total. The Labute approximate surface area is 84.6 Å². The van der Waals surface area contributed by atoms with Crippen LogP contribution < -0.4 is 5.32 Å². The first-order chi connectivity index (χ1) is 6.45. The van der Waals surface area contributed by atoms with Crippen LogP contribution in [0.3, 0.4) is 0 Å². The van der Waals surface area contributed by atoms with Gasteiger partial charge in [0.15, 0.2) is 0 Å². The van der Waals surface area contributed by atoms with Gasteiger partial charge >= 0.3 is 0 Å². The maximum atomic E-state index is 4.52. The fourth-order valence-corrected chi connectivity index (χ4v) is 2.98. The molecule has 2 rings (SSSR count). The molecule has 2 heterocycles. The highest BCUT2D eigenvalue weighted by Crippen LogP contribution is 2.17. The third-order valence-corrected chi connectivity index (χ3v) is 3.87. The molecular formula is C10H18N2S. The number of hydrogen-bond donors (Lipinski definition) is 1. The fourth-order valence-electron chi connectivity index (χ4n) is 1.91. The Balaban J connectivity index is 1.78. The number of hydrogen-bond acceptors (Lipinski definition) is 3. The summed E-state index contributed by atoms with van der Waals surface area (Å²) in [5, 5.41) is 3.59. The van der Waals surface area contributed by atoms with E-state index in [-0.39, 0.29) is 0 Å². The second kappa shape index (κ2) is 4.89. The van der Waals surface area contributed by atoms with Gasteiger partial charge in [0.1, 0.15) is 0 Å². The van der Waals surface area contributed by atoms with Crippen LogP contribution in [-0.2, 0) is 0 Å². The molecule has 0 saturated carbocycles. The number of nitrogens with one attached hydrogen (secondary N) is 1. The van der Waals surface area contributed by atoms with Gasteiger partial charge in [-0.05, 0) is 31.4 Å². The first kappa shape index (κ1) is 9.38. The summed E-state index contributed by atoms with van der Waals surface area (Å²) in [6.45, 7) is 1.04. The number of thioether (sulfide) groups is 1. The van der Waals surface area contributed by atoms with Crippen LogP contribution >= 0.6 is 11.8 Å². The molecule has 0 aliphatic carbocycles. The van der Waals surface area contributed by atoms with Crippen molar-refractivity contribution in [2.45, 2.75) is 38.1 Å². The molecule has 1 atom stereocenters. The van der Waals surface area contributed by atoms with Crippen LogP contribution in [0.4, 0.5) is 0 Å². The van der Waals surface area contributed by atoms with E-state index in [2.05, 4.69) is 22.1 Å². The zero-order valence-electron chi connectivity index (χ0n) is 8.09. The van der Waals surface area contributed by atoms with Gasteiger partial charge in [0.25, 0.3) is 0 Å². The highest BCUT2D eigenvalue weighted by atomic mass is 32.2. The first-order valence-electron chi connectivity index (χ1n) is 5.33. The van der Waals surface area contributed by atoms with Gasteiger partial charge in [-0.2, -0.15) is 11.8 Å². The average molecular weight is 198 g/mol. The summed E-state index contributed by atoms with van der Waals surface area (Å²) in [4.78, 5) is 4.52. The molecule has 2 aliphatic rings. The van der Waals surface area contributed by atoms with Crippen molar-refractivity contribution in [1.82, 2.24) is 5.32 Å². The minimum Gasteiger partial charge on any atom is -0.370 e. The van der Waals surface area contributed by atoms with Crippen molar-refractivity contribution in [2.24, 2.45) is 4.99 Å². The highest BCUT2D eigenvalue weighted by molar-refractivity contribution is 7.99. The summed E-state index contributed by atoms with van der Waals surface area (Å²) >= 11 is 2.07. The van der Waals surface area contributed by atoms with E-state index in [1.165, 1.54) is 49.4 Å². The fraction of sp³-hybridized carbons (Fsp3) is 0.900. The summed E-state index contributed by atoms with van der Waals surface area (Å²) in [6, 6.07) is 0.704. The normalized spacial score (nSPS) is 29.5. The lowest BCUT2D eigenvalue weighted by atomic mass is 10.1. The zero-order valence-corrected chi connectivity index (χ0v) is 8.91. The maximum absolute atomic E-state index is 4.52. The summed E-state index contributed by atoms with van der Waals surface area (Å²) in [5.74, 6) is 3.91. The van der Waals surface area contributed by atoms with E-state index in [4.69, 9.17) is 0 Å². The van der Waals surface area contributed by atoms with Gasteiger partial charge in [0.05, 0.1) is 5.84 Å². The first-order valence-corrected chi connectivity index (χ1v) is 6.48. The van der Waals surface area contributed by atoms with Crippen molar-refractivity contribution in [3.63, 3.8) is 0 Å². The summed E-state index contributed by atoms with van der Waals surface area (Å²) in [7, 11) is 0. The molecule has 74 valence electrons. The zero-order chi connectivity index (χ0) is 8.93. The monoisotopic (exact) mass is 198 g/mol. The van der Waals surface area contributed by atoms with Crippen LogP contribution in [-0.4, -0.2) is 29.9 Å². The molecule has 0 amide bonds. The lowest BCUT2D eigenvalue weighted by molar-refractivity contribution is 0.576. The summed E-state index contributed by atoms with van der Waals surface area (Å²) in [5.41, 5.74) is 0. The minimum atomic E-state index is 0.704. The Morgan fingerprint density at radius 2 is 2.31 bits per heavy atom. The van der Waals surface area contributed by atoms with Gasteiger partial charge in [0, 0.05) is 24.8 Å². The third kappa shape index (κ3) is 2.90. The van der Waals surface area contributed by atoms with Gasteiger partial charge in [-0.25, -0.2) is 0 Å². The molecule has 1 fully saturated rings. The summed E-state index contributed by atoms with van der Waals surface area (Å²) < 4.78 is 0. The largest absolute Gasteiger partial charge is 0.370 e. The van der Waals surface area contributed by atoms with Crippen molar-refractivity contribution < 1.29 is 0 Å². The topological polar surface area (TPSA) is 24.4 Å². The van der Waals surface area contributed by atoms with Gasteiger partial charge in [-0.15, -0.1) is 0 Å². The summed E-state index contributed by atoms with van der Waals surface area (Å²) in [6.07, 6.45) is 6.50. The Hall–Kier alpha value is -0.180. The number of nitrogens with zero attached hydrogens (tertiary/aromatic N) is 1. The molecule has 0 aromatic rings. The van der Waals surface area contributed by atoms with Gasteiger partial charge in [-0.1, -0.05) is 0 Å². The average Bonchev–Trinajstić information content (AvgIpc) is 2.21. The molecule has 3 heteroatoms. The quantitative estimate of drug-likeness (QED) is 0.697. The molecular weight excluding hydrogens is 180 g/mol. The number of aliphatic imine (C=N–C) groups is 1. The molecule has 2 aliphatic heterocycles. The van der Waals surface area contributed by atoms with Crippen LogP contribution in [0.1, 0.15) is 32.1 Å². The molecule has 0 aromatic heterocycles. The molecule has 0 spiro atoms. The van der Waals surface area contributed by atoms with E-state index in [1.54, 1.807) is 0 Å². The Morgan fingerprint density at radius 1 is 1.31 bits per heavy atom. The van der Waals surface area contributed by atoms with E-state index in [9.17, 15) is 0 Å². The predicted molar refractivity (Wildman–Crippen MR) is 59.6 cm³/mol. The number of rotatable bonds is 1. The molecule has 1 saturated heterocycles. The third-order valence-electron chi connectivity index (χ3n) is 2.66. The smallest absolute Gasteiger partial charge is 0.0965 e. The molecule has 1 N–H and O–H groups in total. The van der Waals surface area contributed by atoms with Crippen LogP contribution in [0.2, 0.25) is 0 Å². The Kier molecular flexibility index (Phi) is 3.53. The van der Waals surface area contributed by atoms with Crippen LogP contribution in [0, 0.1) is 0 Å². The molecule has 1 unspecified atom stereocenters. The molecule has 0 radical (unpaired) electrons. The molecule has 0 aromatic carbocycles. The van der Waals surface area contributed by atoms with Gasteiger partial charge in [-0.3, -0.25) is 4.99 Å². The van der Waals surface area contributed by atoms with Crippen molar-refractivity contribution in [2.75, 3.05) is 18.1 Å². The van der Waals surface area contributed by atoms with E-state index >= 15 is 0 Å².